The zero-order valence-electron chi connectivity index (χ0n) is 55.4. The van der Waals surface area contributed by atoms with Gasteiger partial charge in [-0.25, -0.2) is 9.13 Å². The van der Waals surface area contributed by atoms with Crippen LogP contribution in [0.5, 0.6) is 0 Å². The van der Waals surface area contributed by atoms with Gasteiger partial charge < -0.3 is 33.8 Å². The van der Waals surface area contributed by atoms with Crippen LogP contribution in [-0.4, -0.2) is 96.7 Å². The zero-order valence-corrected chi connectivity index (χ0v) is 57.2. The van der Waals surface area contributed by atoms with Crippen LogP contribution in [0, 0.1) is 5.92 Å². The van der Waals surface area contributed by atoms with E-state index < -0.39 is 97.5 Å². The Balaban J connectivity index is 5.16. The Hall–Kier alpha value is -1.94. The van der Waals surface area contributed by atoms with Crippen LogP contribution in [0.2, 0.25) is 0 Å². The van der Waals surface area contributed by atoms with E-state index in [-0.39, 0.29) is 25.7 Å². The zero-order chi connectivity index (χ0) is 63.5. The van der Waals surface area contributed by atoms with Gasteiger partial charge in [0.15, 0.2) is 12.2 Å². The Kier molecular flexibility index (Phi) is 59.2. The van der Waals surface area contributed by atoms with Crippen molar-refractivity contribution in [3.05, 3.63) is 0 Å². The summed E-state index contributed by atoms with van der Waals surface area (Å²) >= 11 is 0. The monoisotopic (exact) mass is 1270 g/mol. The molecule has 86 heavy (non-hydrogen) atoms. The smallest absolute Gasteiger partial charge is 0.462 e. The number of aliphatic hydroxyl groups is 1. The minimum atomic E-state index is -4.95. The number of phosphoric acid groups is 2. The summed E-state index contributed by atoms with van der Waals surface area (Å²) in [6.07, 6.45) is 46.0. The van der Waals surface area contributed by atoms with E-state index in [1.807, 2.05) is 0 Å². The first-order valence-corrected chi connectivity index (χ1v) is 38.2. The predicted molar refractivity (Wildman–Crippen MR) is 345 cm³/mol. The van der Waals surface area contributed by atoms with Gasteiger partial charge >= 0.3 is 39.5 Å². The lowest BCUT2D eigenvalue weighted by atomic mass is 9.99. The van der Waals surface area contributed by atoms with E-state index in [4.69, 9.17) is 37.0 Å². The van der Waals surface area contributed by atoms with Crippen molar-refractivity contribution in [2.24, 2.45) is 5.92 Å². The normalized spacial score (nSPS) is 14.5. The van der Waals surface area contributed by atoms with Crippen LogP contribution in [0.15, 0.2) is 0 Å². The van der Waals surface area contributed by atoms with E-state index in [0.29, 0.717) is 25.7 Å². The van der Waals surface area contributed by atoms with Crippen molar-refractivity contribution in [2.45, 2.75) is 361 Å². The van der Waals surface area contributed by atoms with Gasteiger partial charge in [0.05, 0.1) is 26.4 Å². The first-order valence-electron chi connectivity index (χ1n) is 35.2. The van der Waals surface area contributed by atoms with Gasteiger partial charge in [-0.15, -0.1) is 0 Å². The average Bonchev–Trinajstić information content (AvgIpc) is 3.58. The second kappa shape index (κ2) is 60.6. The molecule has 0 aromatic carbocycles. The molecule has 510 valence electrons. The number of rotatable bonds is 67. The Morgan fingerprint density at radius 1 is 0.326 bits per heavy atom. The Morgan fingerprint density at radius 3 is 0.826 bits per heavy atom. The summed E-state index contributed by atoms with van der Waals surface area (Å²) in [6, 6.07) is 0. The highest BCUT2D eigenvalue weighted by atomic mass is 31.2. The molecular weight excluding hydrogens is 1140 g/mol. The number of esters is 4. The molecule has 0 bridgehead atoms. The minimum absolute atomic E-state index is 0.104. The molecule has 0 spiro atoms. The largest absolute Gasteiger partial charge is 0.472 e. The van der Waals surface area contributed by atoms with Gasteiger partial charge in [-0.3, -0.25) is 37.3 Å². The van der Waals surface area contributed by atoms with Crippen LogP contribution >= 0.6 is 15.6 Å². The molecule has 17 nitrogen and oxygen atoms in total. The number of carbonyl (C=O) groups excluding carboxylic acids is 4. The van der Waals surface area contributed by atoms with E-state index in [1.165, 1.54) is 141 Å². The number of ether oxygens (including phenoxy) is 4. The maximum atomic E-state index is 13.0. The Morgan fingerprint density at radius 2 is 0.558 bits per heavy atom. The summed E-state index contributed by atoms with van der Waals surface area (Å²) in [4.78, 5) is 72.1. The van der Waals surface area contributed by atoms with Crippen molar-refractivity contribution in [3.8, 4) is 0 Å². The molecule has 0 aliphatic carbocycles. The molecule has 0 aliphatic heterocycles. The number of hydrogen-bond donors (Lipinski definition) is 3. The van der Waals surface area contributed by atoms with Crippen molar-refractivity contribution in [1.82, 2.24) is 0 Å². The van der Waals surface area contributed by atoms with Crippen LogP contribution in [0.1, 0.15) is 343 Å². The van der Waals surface area contributed by atoms with E-state index >= 15 is 0 Å². The van der Waals surface area contributed by atoms with Gasteiger partial charge in [0.1, 0.15) is 19.3 Å². The van der Waals surface area contributed by atoms with E-state index in [9.17, 15) is 43.2 Å². The molecule has 0 saturated carbocycles. The Labute approximate surface area is 524 Å². The maximum Gasteiger partial charge on any atom is 0.472 e. The highest BCUT2D eigenvalue weighted by Gasteiger charge is 2.30. The highest BCUT2D eigenvalue weighted by Crippen LogP contribution is 2.45. The molecule has 3 N–H and O–H groups in total. The quantitative estimate of drug-likeness (QED) is 0.0222. The molecule has 0 aromatic heterocycles. The minimum Gasteiger partial charge on any atom is -0.462 e. The molecular formula is C67H130O17P2. The molecule has 0 rings (SSSR count). The van der Waals surface area contributed by atoms with Crippen molar-refractivity contribution < 1.29 is 80.2 Å². The summed E-state index contributed by atoms with van der Waals surface area (Å²) in [5, 5.41) is 10.5. The molecule has 0 radical (unpaired) electrons. The first-order chi connectivity index (χ1) is 41.6. The fourth-order valence-corrected chi connectivity index (χ4v) is 11.7. The molecule has 0 saturated heterocycles. The molecule has 0 heterocycles. The fraction of sp³-hybridized carbons (Fsp3) is 0.940. The van der Waals surface area contributed by atoms with Gasteiger partial charge in [0.25, 0.3) is 0 Å². The number of hydrogen-bond acceptors (Lipinski definition) is 15. The van der Waals surface area contributed by atoms with Crippen molar-refractivity contribution >= 4 is 39.5 Å². The van der Waals surface area contributed by atoms with Gasteiger partial charge in [0, 0.05) is 25.7 Å². The third kappa shape index (κ3) is 59.7. The van der Waals surface area contributed by atoms with Crippen molar-refractivity contribution in [3.63, 3.8) is 0 Å². The van der Waals surface area contributed by atoms with Crippen LogP contribution in [0.3, 0.4) is 0 Å². The SMILES string of the molecule is CCCCCCCCCCCCCCCCC(=O)OC[C@H](COP(=O)(O)OC[C@@H](O)COP(=O)(O)OC[C@@H](COC(=O)CCCCCCCCC)OC(=O)CCCCCCCCC)OC(=O)CCCCCCCCCCCCCCCCC(C)CC. The van der Waals surface area contributed by atoms with Gasteiger partial charge in [-0.2, -0.15) is 0 Å². The number of aliphatic hydroxyl groups excluding tert-OH is 1. The van der Waals surface area contributed by atoms with Crippen LogP contribution in [0.4, 0.5) is 0 Å². The van der Waals surface area contributed by atoms with Crippen molar-refractivity contribution in [2.75, 3.05) is 39.6 Å². The summed E-state index contributed by atoms with van der Waals surface area (Å²) in [6.45, 7) is 7.19. The van der Waals surface area contributed by atoms with Crippen molar-refractivity contribution in [1.29, 1.82) is 0 Å². The summed E-state index contributed by atoms with van der Waals surface area (Å²) in [7, 11) is -9.88. The lowest BCUT2D eigenvalue weighted by molar-refractivity contribution is -0.161. The summed E-state index contributed by atoms with van der Waals surface area (Å²) in [5.74, 6) is -1.29. The van der Waals surface area contributed by atoms with Gasteiger partial charge in [-0.1, -0.05) is 291 Å². The van der Waals surface area contributed by atoms with E-state index in [2.05, 4.69) is 34.6 Å². The summed E-state index contributed by atoms with van der Waals surface area (Å²) in [5.41, 5.74) is 0. The Bertz CT molecular complexity index is 1670. The first kappa shape index (κ1) is 84.1. The number of phosphoric ester groups is 2. The maximum absolute atomic E-state index is 13.0. The number of carbonyl (C=O) groups is 4. The molecule has 3 unspecified atom stereocenters. The topological polar surface area (TPSA) is 237 Å². The molecule has 19 heteroatoms. The predicted octanol–water partition coefficient (Wildman–Crippen LogP) is 19.0. The fourth-order valence-electron chi connectivity index (χ4n) is 10.1. The van der Waals surface area contributed by atoms with Crippen LogP contribution in [0.25, 0.3) is 0 Å². The lowest BCUT2D eigenvalue weighted by Gasteiger charge is -2.21. The van der Waals surface area contributed by atoms with Gasteiger partial charge in [0.2, 0.25) is 0 Å². The number of unbranched alkanes of at least 4 members (excludes halogenated alkanes) is 38. The van der Waals surface area contributed by atoms with E-state index in [1.54, 1.807) is 0 Å². The van der Waals surface area contributed by atoms with Crippen LogP contribution < -0.4 is 0 Å². The molecule has 0 aromatic rings. The van der Waals surface area contributed by atoms with E-state index in [0.717, 1.165) is 121 Å². The second-order valence-corrected chi connectivity index (χ2v) is 27.4. The lowest BCUT2D eigenvalue weighted by Crippen LogP contribution is -2.30. The third-order valence-electron chi connectivity index (χ3n) is 15.9. The highest BCUT2D eigenvalue weighted by molar-refractivity contribution is 7.47. The third-order valence-corrected chi connectivity index (χ3v) is 17.8. The average molecular weight is 1270 g/mol. The molecule has 6 atom stereocenters. The molecule has 0 amide bonds. The van der Waals surface area contributed by atoms with Gasteiger partial charge in [-0.05, 0) is 31.6 Å². The second-order valence-electron chi connectivity index (χ2n) is 24.5. The molecule has 0 aliphatic rings. The standard InChI is InChI=1S/C67H130O17P2/c1-6-10-13-16-19-20-21-22-26-29-32-37-41-46-51-65(70)78-57-63(84-67(72)53-48-43-38-33-30-27-24-23-25-28-31-36-39-44-49-60(5)9-4)59-82-86(75,76)80-55-61(68)54-79-85(73,74)81-58-62(83-66(71)52-47-42-35-18-15-12-8-3)56-77-64(69)50-45-40-34-17-14-11-7-2/h60-63,68H,6-59H2,1-5H3,(H,73,74)(H,75,76)/t60?,61-,62+,63+/m0/s1. The summed E-state index contributed by atoms with van der Waals surface area (Å²) < 4.78 is 67.9. The molecule has 0 fully saturated rings. The van der Waals surface area contributed by atoms with Crippen LogP contribution in [-0.2, 0) is 65.4 Å².